The first-order chi connectivity index (χ1) is 13.9. The van der Waals surface area contributed by atoms with E-state index in [1.807, 2.05) is 55.2 Å². The number of carbonyl (C=O) groups is 1. The number of imidazole rings is 1. The number of hydrogen-bond acceptors (Lipinski definition) is 4. The third kappa shape index (κ3) is 3.88. The number of aromatic nitrogens is 4. The maximum absolute atomic E-state index is 13.0. The number of rotatable bonds is 6. The van der Waals surface area contributed by atoms with Crippen LogP contribution in [0.5, 0.6) is 5.75 Å². The quantitative estimate of drug-likeness (QED) is 0.646. The number of allylic oxidation sites excluding steroid dienone is 1. The van der Waals surface area contributed by atoms with Crippen LogP contribution in [0.1, 0.15) is 28.7 Å². The molecule has 0 aliphatic carbocycles. The van der Waals surface area contributed by atoms with Crippen LogP contribution in [0.4, 0.5) is 0 Å². The van der Waals surface area contributed by atoms with Crippen LogP contribution < -0.4 is 16.1 Å². The van der Waals surface area contributed by atoms with E-state index >= 15 is 0 Å². The number of fused-ring (bicyclic) bond motifs is 1. The molecule has 0 atom stereocenters. The molecule has 0 spiro atoms. The summed E-state index contributed by atoms with van der Waals surface area (Å²) in [7, 11) is 3.55. The fourth-order valence-corrected chi connectivity index (χ4v) is 3.49. The molecule has 2 N–H and O–H groups in total. The van der Waals surface area contributed by atoms with E-state index in [2.05, 4.69) is 16.2 Å². The Hall–Kier alpha value is -3.13. The van der Waals surface area contributed by atoms with Crippen molar-refractivity contribution >= 4 is 16.9 Å². The molecule has 0 saturated heterocycles. The number of benzene rings is 1. The van der Waals surface area contributed by atoms with Crippen molar-refractivity contribution in [2.75, 3.05) is 13.7 Å². The van der Waals surface area contributed by atoms with Crippen LogP contribution in [0.3, 0.4) is 0 Å². The van der Waals surface area contributed by atoms with Crippen molar-refractivity contribution in [1.82, 2.24) is 18.9 Å². The zero-order valence-electron chi connectivity index (χ0n) is 17.6. The van der Waals surface area contributed by atoms with Gasteiger partial charge in [-0.15, -0.1) is 0 Å². The predicted molar refractivity (Wildman–Crippen MR) is 113 cm³/mol. The highest BCUT2D eigenvalue weighted by Gasteiger charge is 2.17. The summed E-state index contributed by atoms with van der Waals surface area (Å²) in [5, 5.41) is 4.36. The van der Waals surface area contributed by atoms with Crippen LogP contribution in [0.2, 0.25) is 0 Å². The van der Waals surface area contributed by atoms with Crippen molar-refractivity contribution < 1.29 is 9.53 Å². The third-order valence-electron chi connectivity index (χ3n) is 4.80. The molecule has 0 bridgehead atoms. The Morgan fingerprint density at radius 3 is 2.69 bits per heavy atom. The molecule has 0 fully saturated rings. The molecular formula is C21H28N6O2. The molecule has 0 aliphatic rings. The van der Waals surface area contributed by atoms with Crippen LogP contribution in [0.15, 0.2) is 35.3 Å². The molecule has 8 nitrogen and oxygen atoms in total. The monoisotopic (exact) mass is 396 g/mol. The van der Waals surface area contributed by atoms with Gasteiger partial charge in [-0.3, -0.25) is 9.48 Å². The smallest absolute Gasteiger partial charge is 0.298 e. The largest absolute Gasteiger partial charge is 0.494 e. The summed E-state index contributed by atoms with van der Waals surface area (Å²) in [6.07, 6.45) is 3.84. The van der Waals surface area contributed by atoms with Gasteiger partial charge in [-0.2, -0.15) is 10.1 Å². The van der Waals surface area contributed by atoms with Gasteiger partial charge in [0.05, 0.1) is 18.3 Å². The highest BCUT2D eigenvalue weighted by atomic mass is 16.5. The van der Waals surface area contributed by atoms with Crippen molar-refractivity contribution in [1.29, 1.82) is 0 Å². The summed E-state index contributed by atoms with van der Waals surface area (Å²) < 4.78 is 11.2. The van der Waals surface area contributed by atoms with Crippen LogP contribution in [-0.2, 0) is 20.1 Å². The first-order valence-electron chi connectivity index (χ1n) is 9.63. The highest BCUT2D eigenvalue weighted by Crippen LogP contribution is 2.26. The molecule has 0 saturated carbocycles. The van der Waals surface area contributed by atoms with E-state index in [1.54, 1.807) is 17.9 Å². The Bertz CT molecular complexity index is 1150. The molecule has 0 aliphatic heterocycles. The number of carbonyl (C=O) groups excluding carboxylic acids is 1. The van der Waals surface area contributed by atoms with Crippen LogP contribution in [-0.4, -0.2) is 38.5 Å². The zero-order chi connectivity index (χ0) is 21.1. The molecule has 1 aromatic carbocycles. The Morgan fingerprint density at radius 2 is 2.03 bits per heavy atom. The number of amides is 1. The van der Waals surface area contributed by atoms with Crippen LogP contribution >= 0.6 is 0 Å². The van der Waals surface area contributed by atoms with Gasteiger partial charge in [-0.1, -0.05) is 12.2 Å². The SMILES string of the molecule is CCn1nc(C)cc1C(=O)N=c1n(C)c2cc(C)cc(OC)c2n1C/C=C/CN. The van der Waals surface area contributed by atoms with Crippen LogP contribution in [0.25, 0.3) is 11.0 Å². The summed E-state index contributed by atoms with van der Waals surface area (Å²) in [6, 6.07) is 5.80. The van der Waals surface area contributed by atoms with E-state index in [1.165, 1.54) is 0 Å². The van der Waals surface area contributed by atoms with Gasteiger partial charge in [-0.25, -0.2) is 0 Å². The van der Waals surface area contributed by atoms with Gasteiger partial charge in [0, 0.05) is 26.7 Å². The van der Waals surface area contributed by atoms with Crippen molar-refractivity contribution in [2.24, 2.45) is 17.8 Å². The summed E-state index contributed by atoms with van der Waals surface area (Å²) in [5.41, 5.74) is 10.3. The molecule has 2 heterocycles. The first kappa shape index (κ1) is 20.6. The van der Waals surface area contributed by atoms with E-state index in [4.69, 9.17) is 10.5 Å². The van der Waals surface area contributed by atoms with Crippen molar-refractivity contribution in [3.8, 4) is 5.75 Å². The molecule has 0 unspecified atom stereocenters. The highest BCUT2D eigenvalue weighted by molar-refractivity contribution is 5.93. The van der Waals surface area contributed by atoms with Gasteiger partial charge >= 0.3 is 0 Å². The zero-order valence-corrected chi connectivity index (χ0v) is 17.6. The predicted octanol–water partition coefficient (Wildman–Crippen LogP) is 2.08. The molecular weight excluding hydrogens is 368 g/mol. The number of aryl methyl sites for hydroxylation is 4. The standard InChI is InChI=1S/C21H28N6O2/c1-6-27-17(13-15(3)24-27)20(28)23-21-25(4)16-11-14(2)12-18(29-5)19(16)26(21)10-8-7-9-22/h7-8,11-13H,6,9-10,22H2,1-5H3/b8-7+,23-21?. The lowest BCUT2D eigenvalue weighted by atomic mass is 10.2. The number of nitrogens with two attached hydrogens (primary N) is 1. The van der Waals surface area contributed by atoms with Gasteiger partial charge in [0.2, 0.25) is 5.62 Å². The number of nitrogens with zero attached hydrogens (tertiary/aromatic N) is 5. The summed E-state index contributed by atoms with van der Waals surface area (Å²) in [5.74, 6) is 0.408. The molecule has 0 radical (unpaired) electrons. The van der Waals surface area contributed by atoms with Crippen molar-refractivity contribution in [3.05, 3.63) is 52.9 Å². The number of hydrogen-bond donors (Lipinski definition) is 1. The maximum Gasteiger partial charge on any atom is 0.298 e. The lowest BCUT2D eigenvalue weighted by Gasteiger charge is -2.07. The van der Waals surface area contributed by atoms with Crippen molar-refractivity contribution in [3.63, 3.8) is 0 Å². The van der Waals surface area contributed by atoms with Gasteiger partial charge in [0.25, 0.3) is 5.91 Å². The fraction of sp³-hybridized carbons (Fsp3) is 0.381. The Labute approximate surface area is 169 Å². The molecule has 2 aromatic heterocycles. The molecule has 3 aromatic rings. The van der Waals surface area contributed by atoms with Gasteiger partial charge < -0.3 is 19.6 Å². The molecule has 3 rings (SSSR count). The second kappa shape index (κ2) is 8.48. The fourth-order valence-electron chi connectivity index (χ4n) is 3.49. The first-order valence-corrected chi connectivity index (χ1v) is 9.63. The van der Waals surface area contributed by atoms with E-state index < -0.39 is 0 Å². The summed E-state index contributed by atoms with van der Waals surface area (Å²) in [4.78, 5) is 17.5. The van der Waals surface area contributed by atoms with E-state index in [9.17, 15) is 4.79 Å². The molecule has 154 valence electrons. The summed E-state index contributed by atoms with van der Waals surface area (Å²) >= 11 is 0. The Morgan fingerprint density at radius 1 is 1.28 bits per heavy atom. The van der Waals surface area contributed by atoms with E-state index in [-0.39, 0.29) is 5.91 Å². The second-order valence-electron chi connectivity index (χ2n) is 6.92. The Balaban J connectivity index is 2.29. The minimum absolute atomic E-state index is 0.328. The normalized spacial score (nSPS) is 12.4. The van der Waals surface area contributed by atoms with Gasteiger partial charge in [0.15, 0.2) is 0 Å². The third-order valence-corrected chi connectivity index (χ3v) is 4.80. The Kier molecular flexibility index (Phi) is 6.03. The van der Waals surface area contributed by atoms with Gasteiger partial charge in [-0.05, 0) is 44.5 Å². The second-order valence-corrected chi connectivity index (χ2v) is 6.92. The minimum Gasteiger partial charge on any atom is -0.494 e. The molecule has 8 heteroatoms. The average molecular weight is 396 g/mol. The summed E-state index contributed by atoms with van der Waals surface area (Å²) in [6.45, 7) is 7.40. The average Bonchev–Trinajstić information content (AvgIpc) is 3.20. The number of methoxy groups -OCH3 is 1. The van der Waals surface area contributed by atoms with E-state index in [0.29, 0.717) is 30.9 Å². The minimum atomic E-state index is -0.328. The molecule has 29 heavy (non-hydrogen) atoms. The maximum atomic E-state index is 13.0. The lowest BCUT2D eigenvalue weighted by Crippen LogP contribution is -2.26. The van der Waals surface area contributed by atoms with Crippen LogP contribution in [0, 0.1) is 13.8 Å². The molecule has 1 amide bonds. The van der Waals surface area contributed by atoms with E-state index in [0.717, 1.165) is 28.0 Å². The number of ether oxygens (including phenoxy) is 1. The lowest BCUT2D eigenvalue weighted by molar-refractivity contribution is 0.0986. The topological polar surface area (TPSA) is 92.4 Å². The van der Waals surface area contributed by atoms with Gasteiger partial charge in [0.1, 0.15) is 17.0 Å². The van der Waals surface area contributed by atoms with Crippen molar-refractivity contribution in [2.45, 2.75) is 33.9 Å².